The third-order valence-electron chi connectivity index (χ3n) is 3.58. The standard InChI is InChI=1S/C14H27N3/c1-5-9-15-13(11-12(6-2)7-3)14-8-10-16-17(14)4/h8,10,12-13,15H,5-7,9,11H2,1-4H3. The van der Waals surface area contributed by atoms with Crippen molar-refractivity contribution in [2.24, 2.45) is 13.0 Å². The monoisotopic (exact) mass is 237 g/mol. The lowest BCUT2D eigenvalue weighted by molar-refractivity contribution is 0.359. The van der Waals surface area contributed by atoms with Crippen molar-refractivity contribution in [3.8, 4) is 0 Å². The molecule has 1 aromatic rings. The second kappa shape index (κ2) is 7.49. The molecule has 1 unspecified atom stereocenters. The molecule has 0 radical (unpaired) electrons. The van der Waals surface area contributed by atoms with Crippen molar-refractivity contribution in [2.75, 3.05) is 6.54 Å². The van der Waals surface area contributed by atoms with Gasteiger partial charge in [-0.3, -0.25) is 4.68 Å². The van der Waals surface area contributed by atoms with Gasteiger partial charge in [-0.25, -0.2) is 0 Å². The van der Waals surface area contributed by atoms with Gasteiger partial charge >= 0.3 is 0 Å². The Bertz CT molecular complexity index is 302. The first-order chi connectivity index (χ1) is 8.22. The topological polar surface area (TPSA) is 29.9 Å². The molecule has 98 valence electrons. The predicted molar refractivity (Wildman–Crippen MR) is 72.9 cm³/mol. The van der Waals surface area contributed by atoms with E-state index in [0.29, 0.717) is 6.04 Å². The maximum atomic E-state index is 4.28. The SMILES string of the molecule is CCCNC(CC(CC)CC)c1ccnn1C. The smallest absolute Gasteiger partial charge is 0.0550 e. The van der Waals surface area contributed by atoms with Gasteiger partial charge < -0.3 is 5.32 Å². The zero-order valence-corrected chi connectivity index (χ0v) is 11.7. The van der Waals surface area contributed by atoms with Crippen molar-refractivity contribution in [1.29, 1.82) is 0 Å². The van der Waals surface area contributed by atoms with Crippen LogP contribution in [0.1, 0.15) is 58.2 Å². The largest absolute Gasteiger partial charge is 0.309 e. The summed E-state index contributed by atoms with van der Waals surface area (Å²) in [6.07, 6.45) is 6.81. The molecule has 1 N–H and O–H groups in total. The Hall–Kier alpha value is -0.830. The zero-order chi connectivity index (χ0) is 12.7. The molecule has 1 rings (SSSR count). The van der Waals surface area contributed by atoms with E-state index in [1.54, 1.807) is 0 Å². The molecule has 3 heteroatoms. The fourth-order valence-corrected chi connectivity index (χ4v) is 2.31. The molecule has 0 bridgehead atoms. The average molecular weight is 237 g/mol. The van der Waals surface area contributed by atoms with Crippen LogP contribution >= 0.6 is 0 Å². The first-order valence-corrected chi connectivity index (χ1v) is 6.94. The molecule has 1 atom stereocenters. The molecule has 3 nitrogen and oxygen atoms in total. The predicted octanol–water partition coefficient (Wildman–Crippen LogP) is 3.29. The van der Waals surface area contributed by atoms with Crippen LogP contribution in [0.5, 0.6) is 0 Å². The number of hydrogen-bond donors (Lipinski definition) is 1. The number of aryl methyl sites for hydroxylation is 1. The lowest BCUT2D eigenvalue weighted by atomic mass is 9.93. The first kappa shape index (κ1) is 14.2. The Morgan fingerprint density at radius 3 is 2.47 bits per heavy atom. The van der Waals surface area contributed by atoms with Crippen LogP contribution in [0, 0.1) is 5.92 Å². The molecule has 0 fully saturated rings. The number of nitrogens with one attached hydrogen (secondary N) is 1. The molecule has 0 aliphatic rings. The van der Waals surface area contributed by atoms with Crippen LogP contribution in [0.15, 0.2) is 12.3 Å². The summed E-state index contributed by atoms with van der Waals surface area (Å²) >= 11 is 0. The summed E-state index contributed by atoms with van der Waals surface area (Å²) in [6.45, 7) is 7.86. The highest BCUT2D eigenvalue weighted by Gasteiger charge is 2.17. The van der Waals surface area contributed by atoms with E-state index >= 15 is 0 Å². The Morgan fingerprint density at radius 1 is 1.29 bits per heavy atom. The van der Waals surface area contributed by atoms with E-state index in [4.69, 9.17) is 0 Å². The van der Waals surface area contributed by atoms with Gasteiger partial charge in [0.2, 0.25) is 0 Å². The fraction of sp³-hybridized carbons (Fsp3) is 0.786. The summed E-state index contributed by atoms with van der Waals surface area (Å²) in [4.78, 5) is 0. The Kier molecular flexibility index (Phi) is 6.27. The molecule has 0 aromatic carbocycles. The van der Waals surface area contributed by atoms with Gasteiger partial charge in [-0.05, 0) is 31.4 Å². The van der Waals surface area contributed by atoms with Crippen molar-refractivity contribution in [1.82, 2.24) is 15.1 Å². The summed E-state index contributed by atoms with van der Waals surface area (Å²) in [5, 5.41) is 7.93. The lowest BCUT2D eigenvalue weighted by Gasteiger charge is -2.23. The van der Waals surface area contributed by atoms with E-state index in [9.17, 15) is 0 Å². The summed E-state index contributed by atoms with van der Waals surface area (Å²) in [7, 11) is 2.03. The molecule has 0 aliphatic carbocycles. The first-order valence-electron chi connectivity index (χ1n) is 6.94. The third-order valence-corrected chi connectivity index (χ3v) is 3.58. The van der Waals surface area contributed by atoms with E-state index < -0.39 is 0 Å². The normalized spacial score (nSPS) is 13.2. The minimum Gasteiger partial charge on any atom is -0.309 e. The Morgan fingerprint density at radius 2 is 2.00 bits per heavy atom. The Balaban J connectivity index is 2.70. The second-order valence-electron chi connectivity index (χ2n) is 4.80. The van der Waals surface area contributed by atoms with Crippen LogP contribution in [-0.2, 0) is 7.05 Å². The summed E-state index contributed by atoms with van der Waals surface area (Å²) in [5.74, 6) is 0.805. The van der Waals surface area contributed by atoms with Gasteiger partial charge in [0.15, 0.2) is 0 Å². The Labute approximate surface area is 106 Å². The molecule has 1 aromatic heterocycles. The van der Waals surface area contributed by atoms with Crippen LogP contribution in [0.25, 0.3) is 0 Å². The van der Waals surface area contributed by atoms with Gasteiger partial charge in [0.25, 0.3) is 0 Å². The van der Waals surface area contributed by atoms with Gasteiger partial charge in [0, 0.05) is 19.3 Å². The molecular weight excluding hydrogens is 210 g/mol. The quantitative estimate of drug-likeness (QED) is 0.752. The highest BCUT2D eigenvalue weighted by atomic mass is 15.3. The summed E-state index contributed by atoms with van der Waals surface area (Å²) in [6, 6.07) is 2.59. The molecule has 0 saturated carbocycles. The van der Waals surface area contributed by atoms with Crippen LogP contribution in [-0.4, -0.2) is 16.3 Å². The van der Waals surface area contributed by atoms with Crippen LogP contribution in [0.3, 0.4) is 0 Å². The van der Waals surface area contributed by atoms with Gasteiger partial charge in [-0.2, -0.15) is 5.10 Å². The van der Waals surface area contributed by atoms with Crippen molar-refractivity contribution < 1.29 is 0 Å². The van der Waals surface area contributed by atoms with Gasteiger partial charge in [0.05, 0.1) is 5.69 Å². The van der Waals surface area contributed by atoms with Crippen LogP contribution in [0.4, 0.5) is 0 Å². The van der Waals surface area contributed by atoms with E-state index in [0.717, 1.165) is 12.5 Å². The van der Waals surface area contributed by atoms with E-state index in [1.807, 2.05) is 17.9 Å². The van der Waals surface area contributed by atoms with Crippen molar-refractivity contribution in [3.05, 3.63) is 18.0 Å². The molecule has 0 spiro atoms. The number of aromatic nitrogens is 2. The van der Waals surface area contributed by atoms with Crippen LogP contribution in [0.2, 0.25) is 0 Å². The van der Waals surface area contributed by atoms with Gasteiger partial charge in [-0.15, -0.1) is 0 Å². The van der Waals surface area contributed by atoms with E-state index in [1.165, 1.54) is 31.4 Å². The van der Waals surface area contributed by atoms with Gasteiger partial charge in [-0.1, -0.05) is 33.6 Å². The third kappa shape index (κ3) is 4.15. The van der Waals surface area contributed by atoms with Crippen molar-refractivity contribution >= 4 is 0 Å². The van der Waals surface area contributed by atoms with Crippen molar-refractivity contribution in [2.45, 2.75) is 52.5 Å². The van der Waals surface area contributed by atoms with Crippen molar-refractivity contribution in [3.63, 3.8) is 0 Å². The summed E-state index contributed by atoms with van der Waals surface area (Å²) < 4.78 is 2.00. The molecule has 17 heavy (non-hydrogen) atoms. The zero-order valence-electron chi connectivity index (χ0n) is 11.7. The maximum absolute atomic E-state index is 4.28. The average Bonchev–Trinajstić information content (AvgIpc) is 2.76. The second-order valence-corrected chi connectivity index (χ2v) is 4.80. The molecule has 0 saturated heterocycles. The molecule has 0 aliphatic heterocycles. The molecule has 1 heterocycles. The molecular formula is C14H27N3. The van der Waals surface area contributed by atoms with Gasteiger partial charge in [0.1, 0.15) is 0 Å². The fourth-order valence-electron chi connectivity index (χ4n) is 2.31. The van der Waals surface area contributed by atoms with E-state index in [-0.39, 0.29) is 0 Å². The highest BCUT2D eigenvalue weighted by molar-refractivity contribution is 5.06. The van der Waals surface area contributed by atoms with E-state index in [2.05, 4.69) is 37.3 Å². The summed E-state index contributed by atoms with van der Waals surface area (Å²) in [5.41, 5.74) is 1.31. The minimum absolute atomic E-state index is 0.451. The highest BCUT2D eigenvalue weighted by Crippen LogP contribution is 2.24. The number of nitrogens with zero attached hydrogens (tertiary/aromatic N) is 2. The number of hydrogen-bond acceptors (Lipinski definition) is 2. The number of rotatable bonds is 8. The maximum Gasteiger partial charge on any atom is 0.0550 e. The minimum atomic E-state index is 0.451. The lowest BCUT2D eigenvalue weighted by Crippen LogP contribution is -2.26. The van der Waals surface area contributed by atoms with Crippen LogP contribution < -0.4 is 5.32 Å². The molecule has 0 amide bonds.